The molecule has 0 N–H and O–H groups in total. The van der Waals surface area contributed by atoms with Crippen LogP contribution in [0.25, 0.3) is 0 Å². The van der Waals surface area contributed by atoms with Crippen molar-refractivity contribution in [2.24, 2.45) is 4.99 Å². The Kier molecular flexibility index (Phi) is 6.25. The van der Waals surface area contributed by atoms with Crippen molar-refractivity contribution in [2.45, 2.75) is 12.7 Å². The van der Waals surface area contributed by atoms with Crippen molar-refractivity contribution in [3.63, 3.8) is 0 Å². The Morgan fingerprint density at radius 2 is 1.92 bits per heavy atom. The van der Waals surface area contributed by atoms with Gasteiger partial charge in [-0.05, 0) is 18.6 Å². The Balaban J connectivity index is 1.46. The number of hydrogen-bond donors (Lipinski definition) is 0. The lowest BCUT2D eigenvalue weighted by atomic mass is 10.2. The van der Waals surface area contributed by atoms with Crippen LogP contribution in [-0.2, 0) is 15.3 Å². The van der Waals surface area contributed by atoms with E-state index in [-0.39, 0.29) is 12.0 Å². The molecule has 0 unspecified atom stereocenters. The van der Waals surface area contributed by atoms with Crippen LogP contribution >= 0.6 is 23.5 Å². The van der Waals surface area contributed by atoms with Crippen LogP contribution in [-0.4, -0.2) is 64.7 Å². The van der Waals surface area contributed by atoms with Gasteiger partial charge in [-0.2, -0.15) is 0 Å². The second kappa shape index (κ2) is 8.62. The molecule has 0 aliphatic carbocycles. The summed E-state index contributed by atoms with van der Waals surface area (Å²) >= 11 is 3.17. The number of carbonyl (C=O) groups excluding carboxylic acids is 2. The number of carbonyl (C=O) groups is 2. The molecule has 2 heterocycles. The molecule has 8 heteroatoms. The molecule has 1 aromatic rings. The number of para-hydroxylation sites is 1. The number of piperazine rings is 1. The lowest BCUT2D eigenvalue weighted by Gasteiger charge is -2.34. The van der Waals surface area contributed by atoms with Crippen LogP contribution in [0.5, 0.6) is 0 Å². The average molecular weight is 380 g/mol. The van der Waals surface area contributed by atoms with Gasteiger partial charge >= 0.3 is 6.09 Å². The number of hydrogen-bond acceptors (Lipinski definition) is 6. The maximum atomic E-state index is 12.4. The molecule has 2 amide bonds. The third kappa shape index (κ3) is 4.70. The normalized spacial score (nSPS) is 16.9. The van der Waals surface area contributed by atoms with Crippen LogP contribution in [0.4, 0.5) is 10.5 Å². The van der Waals surface area contributed by atoms with Crippen molar-refractivity contribution in [1.82, 2.24) is 9.80 Å². The fourth-order valence-corrected chi connectivity index (χ4v) is 4.62. The van der Waals surface area contributed by atoms with Crippen LogP contribution in [0.3, 0.4) is 0 Å². The summed E-state index contributed by atoms with van der Waals surface area (Å²) in [5, 5.41) is 0. The number of ether oxygens (including phenoxy) is 1. The number of aliphatic imine (C=N–C) groups is 1. The molecule has 25 heavy (non-hydrogen) atoms. The maximum absolute atomic E-state index is 12.4. The van der Waals surface area contributed by atoms with E-state index in [9.17, 15) is 9.59 Å². The molecule has 6 nitrogen and oxygen atoms in total. The smallest absolute Gasteiger partial charge is 0.409 e. The summed E-state index contributed by atoms with van der Waals surface area (Å²) in [7, 11) is 0. The lowest BCUT2D eigenvalue weighted by Crippen LogP contribution is -2.51. The summed E-state index contributed by atoms with van der Waals surface area (Å²) in [5.74, 6) is 1.37. The van der Waals surface area contributed by atoms with E-state index < -0.39 is 0 Å². The van der Waals surface area contributed by atoms with Gasteiger partial charge < -0.3 is 14.5 Å². The topological polar surface area (TPSA) is 62.2 Å². The van der Waals surface area contributed by atoms with Gasteiger partial charge in [-0.15, -0.1) is 0 Å². The van der Waals surface area contributed by atoms with Crippen LogP contribution in [0, 0.1) is 0 Å². The Morgan fingerprint density at radius 1 is 1.20 bits per heavy atom. The van der Waals surface area contributed by atoms with E-state index >= 15 is 0 Å². The fraction of sp³-hybridized carbons (Fsp3) is 0.471. The Morgan fingerprint density at radius 3 is 2.68 bits per heavy atom. The van der Waals surface area contributed by atoms with Crippen LogP contribution < -0.4 is 0 Å². The SMILES string of the molecule is CCOC(=O)N1CCN(C(=O)CSC2=Nc3ccccc3CS2)CC1. The number of thioether (sulfide) groups is 2. The first-order valence-electron chi connectivity index (χ1n) is 8.29. The highest BCUT2D eigenvalue weighted by atomic mass is 32.2. The standard InChI is InChI=1S/C17H21N3O3S2/c1-2-23-17(22)20-9-7-19(8-10-20)15(21)12-25-16-18-14-6-4-3-5-13(14)11-24-16/h3-6H,2,7-12H2,1H3. The molecule has 2 aliphatic heterocycles. The van der Waals surface area contributed by atoms with Crippen molar-refractivity contribution in [3.8, 4) is 0 Å². The van der Waals surface area contributed by atoms with E-state index in [1.165, 1.54) is 17.3 Å². The minimum atomic E-state index is -0.296. The van der Waals surface area contributed by atoms with E-state index in [0.29, 0.717) is 38.5 Å². The van der Waals surface area contributed by atoms with Crippen molar-refractivity contribution in [2.75, 3.05) is 38.5 Å². The highest BCUT2D eigenvalue weighted by Gasteiger charge is 2.25. The molecule has 134 valence electrons. The molecule has 0 bridgehead atoms. The molecule has 1 aromatic carbocycles. The summed E-state index contributed by atoms with van der Waals surface area (Å²) in [4.78, 5) is 32.2. The summed E-state index contributed by atoms with van der Waals surface area (Å²) in [6, 6.07) is 8.09. The van der Waals surface area contributed by atoms with Gasteiger partial charge in [-0.3, -0.25) is 4.79 Å². The highest BCUT2D eigenvalue weighted by molar-refractivity contribution is 8.38. The number of benzene rings is 1. The van der Waals surface area contributed by atoms with Gasteiger partial charge in [0.15, 0.2) is 0 Å². The molecule has 3 rings (SSSR count). The minimum absolute atomic E-state index is 0.0932. The third-order valence-corrected chi connectivity index (χ3v) is 6.26. The van der Waals surface area contributed by atoms with Gasteiger partial charge in [0.2, 0.25) is 5.91 Å². The van der Waals surface area contributed by atoms with E-state index in [4.69, 9.17) is 4.74 Å². The van der Waals surface area contributed by atoms with E-state index in [0.717, 1.165) is 15.8 Å². The molecule has 0 spiro atoms. The van der Waals surface area contributed by atoms with E-state index in [2.05, 4.69) is 11.1 Å². The second-order valence-corrected chi connectivity index (χ2v) is 7.84. The van der Waals surface area contributed by atoms with E-state index in [1.807, 2.05) is 23.1 Å². The average Bonchev–Trinajstić information content (AvgIpc) is 2.66. The summed E-state index contributed by atoms with van der Waals surface area (Å²) in [6.07, 6.45) is -0.296. The predicted molar refractivity (Wildman–Crippen MR) is 102 cm³/mol. The summed E-state index contributed by atoms with van der Waals surface area (Å²) in [6.45, 7) is 4.33. The van der Waals surface area contributed by atoms with Crippen LogP contribution in [0.2, 0.25) is 0 Å². The second-order valence-electron chi connectivity index (χ2n) is 5.65. The Hall–Kier alpha value is -1.67. The van der Waals surface area contributed by atoms with Gasteiger partial charge in [-0.1, -0.05) is 41.7 Å². The Labute approximate surface area is 156 Å². The molecular weight excluding hydrogens is 358 g/mol. The largest absolute Gasteiger partial charge is 0.450 e. The highest BCUT2D eigenvalue weighted by Crippen LogP contribution is 2.34. The molecule has 2 aliphatic rings. The van der Waals surface area contributed by atoms with Crippen molar-refractivity contribution in [1.29, 1.82) is 0 Å². The molecule has 1 fully saturated rings. The van der Waals surface area contributed by atoms with Gasteiger partial charge in [-0.25, -0.2) is 9.79 Å². The first kappa shape index (κ1) is 18.1. The van der Waals surface area contributed by atoms with Gasteiger partial charge in [0.25, 0.3) is 0 Å². The fourth-order valence-electron chi connectivity index (χ4n) is 2.65. The van der Waals surface area contributed by atoms with Gasteiger partial charge in [0, 0.05) is 31.9 Å². The molecule has 0 aromatic heterocycles. The first-order chi connectivity index (χ1) is 12.2. The molecule has 0 saturated carbocycles. The number of fused-ring (bicyclic) bond motifs is 1. The number of amides is 2. The first-order valence-corrected chi connectivity index (χ1v) is 10.3. The molecule has 0 atom stereocenters. The Bertz CT molecular complexity index is 673. The quantitative estimate of drug-likeness (QED) is 0.808. The predicted octanol–water partition coefficient (Wildman–Crippen LogP) is 2.95. The van der Waals surface area contributed by atoms with Gasteiger partial charge in [0.1, 0.15) is 4.38 Å². The van der Waals surface area contributed by atoms with Crippen molar-refractivity contribution < 1.29 is 14.3 Å². The zero-order valence-electron chi connectivity index (χ0n) is 14.1. The summed E-state index contributed by atoms with van der Waals surface area (Å²) in [5.41, 5.74) is 2.23. The van der Waals surface area contributed by atoms with Crippen LogP contribution in [0.15, 0.2) is 29.3 Å². The minimum Gasteiger partial charge on any atom is -0.450 e. The number of nitrogens with zero attached hydrogens (tertiary/aromatic N) is 3. The van der Waals surface area contributed by atoms with E-state index in [1.54, 1.807) is 23.6 Å². The van der Waals surface area contributed by atoms with Crippen LogP contribution in [0.1, 0.15) is 12.5 Å². The van der Waals surface area contributed by atoms with Gasteiger partial charge in [0.05, 0.1) is 18.0 Å². The third-order valence-electron chi connectivity index (χ3n) is 4.03. The zero-order valence-corrected chi connectivity index (χ0v) is 15.8. The summed E-state index contributed by atoms with van der Waals surface area (Å²) < 4.78 is 5.94. The monoisotopic (exact) mass is 379 g/mol. The molecule has 0 radical (unpaired) electrons. The zero-order chi connectivity index (χ0) is 17.6. The molecular formula is C17H21N3O3S2. The molecule has 1 saturated heterocycles. The van der Waals surface area contributed by atoms with Crippen molar-refractivity contribution in [3.05, 3.63) is 29.8 Å². The maximum Gasteiger partial charge on any atom is 0.409 e. The lowest BCUT2D eigenvalue weighted by molar-refractivity contribution is -0.129. The van der Waals surface area contributed by atoms with Crippen molar-refractivity contribution >= 4 is 45.6 Å². The number of rotatable bonds is 3.